The molecule has 3 nitrogen and oxygen atoms in total. The van der Waals surface area contributed by atoms with Crippen LogP contribution in [0.25, 0.3) is 0 Å². The number of amides is 1. The largest absolute Gasteiger partial charge is 0.338 e. The monoisotopic (exact) mass is 212 g/mol. The first kappa shape index (κ1) is 12.5. The number of carbonyl (C=O) groups is 1. The summed E-state index contributed by atoms with van der Waals surface area (Å²) in [5.74, 6) is 0.269. The Bertz CT molecular complexity index is 232. The minimum Gasteiger partial charge on any atom is -0.338 e. The van der Waals surface area contributed by atoms with Crippen molar-refractivity contribution in [1.29, 1.82) is 0 Å². The Morgan fingerprint density at radius 2 is 2.07 bits per heavy atom. The average molecular weight is 212 g/mol. The zero-order valence-electron chi connectivity index (χ0n) is 10.4. The third-order valence-electron chi connectivity index (χ3n) is 3.22. The molecule has 1 saturated heterocycles. The average Bonchev–Trinajstić information content (AvgIpc) is 2.43. The fourth-order valence-corrected chi connectivity index (χ4v) is 1.94. The topological polar surface area (TPSA) is 46.3 Å². The van der Waals surface area contributed by atoms with Crippen LogP contribution in [0.4, 0.5) is 0 Å². The lowest BCUT2D eigenvalue weighted by molar-refractivity contribution is -0.132. The van der Waals surface area contributed by atoms with Crippen LogP contribution in [-0.2, 0) is 4.79 Å². The van der Waals surface area contributed by atoms with Crippen LogP contribution in [0.15, 0.2) is 0 Å². The molecule has 1 heterocycles. The molecule has 0 aromatic carbocycles. The van der Waals surface area contributed by atoms with Gasteiger partial charge in [-0.15, -0.1) is 0 Å². The van der Waals surface area contributed by atoms with Crippen LogP contribution in [0.2, 0.25) is 0 Å². The molecule has 1 rings (SSSR count). The van der Waals surface area contributed by atoms with Gasteiger partial charge in [-0.1, -0.05) is 20.8 Å². The van der Waals surface area contributed by atoms with Gasteiger partial charge in [0.05, 0.1) is 0 Å². The molecule has 0 spiro atoms. The van der Waals surface area contributed by atoms with Gasteiger partial charge in [-0.2, -0.15) is 0 Å². The first-order valence-corrected chi connectivity index (χ1v) is 5.86. The van der Waals surface area contributed by atoms with Crippen LogP contribution in [0.5, 0.6) is 0 Å². The van der Waals surface area contributed by atoms with Crippen LogP contribution in [0.1, 0.15) is 47.0 Å². The minimum atomic E-state index is 0.170. The van der Waals surface area contributed by atoms with Crippen molar-refractivity contribution in [3.8, 4) is 0 Å². The molecule has 0 aromatic heterocycles. The van der Waals surface area contributed by atoms with Gasteiger partial charge in [0.1, 0.15) is 0 Å². The molecular weight excluding hydrogens is 188 g/mol. The highest BCUT2D eigenvalue weighted by atomic mass is 16.2. The van der Waals surface area contributed by atoms with Crippen LogP contribution >= 0.6 is 0 Å². The van der Waals surface area contributed by atoms with E-state index in [1.807, 2.05) is 11.8 Å². The quantitative estimate of drug-likeness (QED) is 0.758. The molecule has 1 aliphatic heterocycles. The van der Waals surface area contributed by atoms with Crippen molar-refractivity contribution >= 4 is 5.91 Å². The number of carbonyl (C=O) groups excluding carboxylic acids is 1. The predicted molar refractivity (Wildman–Crippen MR) is 62.5 cm³/mol. The fourth-order valence-electron chi connectivity index (χ4n) is 1.94. The maximum atomic E-state index is 11.9. The number of hydrogen-bond donors (Lipinski definition) is 1. The van der Waals surface area contributed by atoms with E-state index in [0.717, 1.165) is 19.4 Å². The molecule has 2 N–H and O–H groups in total. The molecule has 3 heteroatoms. The molecule has 0 bridgehead atoms. The summed E-state index contributed by atoms with van der Waals surface area (Å²) in [6.07, 6.45) is 2.55. The van der Waals surface area contributed by atoms with Gasteiger partial charge >= 0.3 is 0 Å². The molecule has 1 aliphatic rings. The normalized spacial score (nSPS) is 27.1. The lowest BCUT2D eigenvalue weighted by atomic mass is 9.90. The second kappa shape index (κ2) is 4.52. The van der Waals surface area contributed by atoms with Crippen molar-refractivity contribution in [2.75, 3.05) is 6.54 Å². The summed E-state index contributed by atoms with van der Waals surface area (Å²) in [4.78, 5) is 13.9. The van der Waals surface area contributed by atoms with Crippen LogP contribution < -0.4 is 5.73 Å². The van der Waals surface area contributed by atoms with Crippen molar-refractivity contribution in [2.45, 2.75) is 59.0 Å². The molecule has 1 amide bonds. The number of hydrogen-bond acceptors (Lipinski definition) is 2. The van der Waals surface area contributed by atoms with Gasteiger partial charge in [-0.3, -0.25) is 4.79 Å². The van der Waals surface area contributed by atoms with Gasteiger partial charge in [0.15, 0.2) is 0 Å². The lowest BCUT2D eigenvalue weighted by Gasteiger charge is -2.25. The van der Waals surface area contributed by atoms with E-state index in [1.54, 1.807) is 0 Å². The van der Waals surface area contributed by atoms with Crippen molar-refractivity contribution in [3.63, 3.8) is 0 Å². The van der Waals surface area contributed by atoms with Crippen molar-refractivity contribution in [3.05, 3.63) is 0 Å². The van der Waals surface area contributed by atoms with E-state index in [-0.39, 0.29) is 23.4 Å². The van der Waals surface area contributed by atoms with Crippen LogP contribution in [-0.4, -0.2) is 29.4 Å². The molecule has 0 aromatic rings. The molecule has 2 atom stereocenters. The summed E-state index contributed by atoms with van der Waals surface area (Å²) >= 11 is 0. The van der Waals surface area contributed by atoms with Gasteiger partial charge in [0, 0.05) is 25.0 Å². The van der Waals surface area contributed by atoms with Crippen molar-refractivity contribution in [1.82, 2.24) is 4.90 Å². The van der Waals surface area contributed by atoms with Gasteiger partial charge in [0.25, 0.3) is 0 Å². The van der Waals surface area contributed by atoms with Crippen molar-refractivity contribution < 1.29 is 4.79 Å². The summed E-state index contributed by atoms with van der Waals surface area (Å²) in [5, 5.41) is 0. The minimum absolute atomic E-state index is 0.170. The molecule has 0 aliphatic carbocycles. The van der Waals surface area contributed by atoms with E-state index >= 15 is 0 Å². The van der Waals surface area contributed by atoms with Gasteiger partial charge < -0.3 is 10.6 Å². The molecule has 0 radical (unpaired) electrons. The first-order chi connectivity index (χ1) is 6.81. The lowest BCUT2D eigenvalue weighted by Crippen LogP contribution is -2.40. The zero-order valence-corrected chi connectivity index (χ0v) is 10.4. The second-order valence-electron chi connectivity index (χ2n) is 5.84. The first-order valence-electron chi connectivity index (χ1n) is 5.86. The third-order valence-corrected chi connectivity index (χ3v) is 3.22. The van der Waals surface area contributed by atoms with Gasteiger partial charge in [-0.25, -0.2) is 0 Å². The predicted octanol–water partition coefficient (Wildman–Crippen LogP) is 1.76. The maximum absolute atomic E-state index is 11.9. The fraction of sp³-hybridized carbons (Fsp3) is 0.917. The summed E-state index contributed by atoms with van der Waals surface area (Å²) in [6, 6.07) is 0.390. The maximum Gasteiger partial charge on any atom is 0.222 e. The zero-order chi connectivity index (χ0) is 11.6. The molecule has 1 fully saturated rings. The van der Waals surface area contributed by atoms with Gasteiger partial charge in [-0.05, 0) is 25.2 Å². The number of rotatable bonds is 2. The highest BCUT2D eigenvalue weighted by Gasteiger charge is 2.31. The highest BCUT2D eigenvalue weighted by molar-refractivity contribution is 5.77. The number of nitrogens with two attached hydrogens (primary N) is 1. The van der Waals surface area contributed by atoms with E-state index in [9.17, 15) is 4.79 Å². The van der Waals surface area contributed by atoms with Crippen molar-refractivity contribution in [2.24, 2.45) is 11.1 Å². The summed E-state index contributed by atoms with van der Waals surface area (Å²) in [6.45, 7) is 9.39. The molecule has 88 valence electrons. The van der Waals surface area contributed by atoms with E-state index < -0.39 is 0 Å². The van der Waals surface area contributed by atoms with Crippen LogP contribution in [0, 0.1) is 5.41 Å². The standard InChI is InChI=1S/C12H24N2O/c1-9-10(13)6-8-14(9)11(15)5-7-12(2,3)4/h9-10H,5-8,13H2,1-4H3. The van der Waals surface area contributed by atoms with E-state index in [1.165, 1.54) is 0 Å². The molecule has 15 heavy (non-hydrogen) atoms. The summed E-state index contributed by atoms with van der Waals surface area (Å²) in [7, 11) is 0. The Kier molecular flexibility index (Phi) is 3.77. The smallest absolute Gasteiger partial charge is 0.222 e. The van der Waals surface area contributed by atoms with Crippen LogP contribution in [0.3, 0.4) is 0 Å². The van der Waals surface area contributed by atoms with Gasteiger partial charge in [0.2, 0.25) is 5.91 Å². The second-order valence-corrected chi connectivity index (χ2v) is 5.84. The Balaban J connectivity index is 2.41. The Labute approximate surface area is 93.0 Å². The molecule has 0 saturated carbocycles. The SMILES string of the molecule is CC1C(N)CCN1C(=O)CCC(C)(C)C. The number of nitrogens with zero attached hydrogens (tertiary/aromatic N) is 1. The van der Waals surface area contributed by atoms with E-state index in [4.69, 9.17) is 5.73 Å². The highest BCUT2D eigenvalue weighted by Crippen LogP contribution is 2.23. The summed E-state index contributed by atoms with van der Waals surface area (Å²) in [5.41, 5.74) is 6.13. The van der Waals surface area contributed by atoms with E-state index in [0.29, 0.717) is 6.42 Å². The Morgan fingerprint density at radius 1 is 1.47 bits per heavy atom. The Morgan fingerprint density at radius 3 is 2.47 bits per heavy atom. The molecular formula is C12H24N2O. The summed E-state index contributed by atoms with van der Waals surface area (Å²) < 4.78 is 0. The third kappa shape index (κ3) is 3.49. The van der Waals surface area contributed by atoms with E-state index in [2.05, 4.69) is 20.8 Å². The number of likely N-dealkylation sites (tertiary alicyclic amines) is 1. The Hall–Kier alpha value is -0.570. The molecule has 2 unspecified atom stereocenters.